The lowest BCUT2D eigenvalue weighted by Crippen LogP contribution is -2.30. The van der Waals surface area contributed by atoms with E-state index < -0.39 is 0 Å². The Kier molecular flexibility index (Phi) is 4.43. The van der Waals surface area contributed by atoms with Gasteiger partial charge in [-0.2, -0.15) is 0 Å². The Balaban J connectivity index is 1.59. The third kappa shape index (κ3) is 3.32. The molecule has 0 bridgehead atoms. The molecule has 0 radical (unpaired) electrons. The fraction of sp³-hybridized carbons (Fsp3) is 0. The van der Waals surface area contributed by atoms with E-state index in [2.05, 4.69) is 41.7 Å². The van der Waals surface area contributed by atoms with Gasteiger partial charge in [-0.15, -0.1) is 0 Å². The van der Waals surface area contributed by atoms with E-state index in [1.54, 1.807) is 35.2 Å². The molecule has 0 fully saturated rings. The summed E-state index contributed by atoms with van der Waals surface area (Å²) in [5, 5.41) is 0. The first kappa shape index (κ1) is 17.0. The van der Waals surface area contributed by atoms with Gasteiger partial charge in [-0.3, -0.25) is 20.2 Å². The summed E-state index contributed by atoms with van der Waals surface area (Å²) in [7, 11) is 0. The molecule has 8 nitrogen and oxygen atoms in total. The zero-order valence-electron chi connectivity index (χ0n) is 13.9. The zero-order chi connectivity index (χ0) is 18.8. The second-order valence-corrected chi connectivity index (χ2v) is 6.56. The molecule has 4 aromatic rings. The van der Waals surface area contributed by atoms with Crippen LogP contribution in [0.5, 0.6) is 0 Å². The maximum absolute atomic E-state index is 12.2. The molecule has 0 unspecified atom stereocenters. The number of nitrogens with one attached hydrogen (secondary N) is 2. The van der Waals surface area contributed by atoms with Gasteiger partial charge >= 0.3 is 0 Å². The Morgan fingerprint density at radius 1 is 1.04 bits per heavy atom. The first-order chi connectivity index (χ1) is 13.1. The maximum atomic E-state index is 12.2. The highest BCUT2D eigenvalue weighted by atomic mass is 79.9. The number of hydrazine groups is 1. The third-order valence-corrected chi connectivity index (χ3v) is 4.47. The predicted octanol–water partition coefficient (Wildman–Crippen LogP) is 2.92. The minimum Gasteiger partial charge on any atom is -0.393 e. The SMILES string of the molecule is Nc1c(NNC(=O)c2ccc(Br)cc2)ncnc1-n1cnc2ccccc21. The van der Waals surface area contributed by atoms with Crippen molar-refractivity contribution in [3.05, 3.63) is 71.2 Å². The Hall–Kier alpha value is -3.46. The second kappa shape index (κ2) is 7.04. The number of hydrogen-bond acceptors (Lipinski definition) is 6. The fourth-order valence-electron chi connectivity index (χ4n) is 2.60. The number of anilines is 2. The molecule has 0 aliphatic carbocycles. The van der Waals surface area contributed by atoms with Crippen LogP contribution in [-0.2, 0) is 0 Å². The number of amides is 1. The summed E-state index contributed by atoms with van der Waals surface area (Å²) in [4.78, 5) is 24.9. The molecule has 0 aliphatic rings. The molecule has 2 heterocycles. The smallest absolute Gasteiger partial charge is 0.269 e. The quantitative estimate of drug-likeness (QED) is 0.435. The van der Waals surface area contributed by atoms with Crippen LogP contribution in [0.2, 0.25) is 0 Å². The average Bonchev–Trinajstić information content (AvgIpc) is 3.11. The van der Waals surface area contributed by atoms with Crippen molar-refractivity contribution in [1.82, 2.24) is 24.9 Å². The molecule has 0 saturated carbocycles. The lowest BCUT2D eigenvalue weighted by molar-refractivity contribution is 0.0962. The van der Waals surface area contributed by atoms with Crippen LogP contribution in [0.3, 0.4) is 0 Å². The van der Waals surface area contributed by atoms with E-state index in [-0.39, 0.29) is 11.6 Å². The normalized spacial score (nSPS) is 10.7. The maximum Gasteiger partial charge on any atom is 0.269 e. The van der Waals surface area contributed by atoms with Crippen LogP contribution in [0.25, 0.3) is 16.9 Å². The highest BCUT2D eigenvalue weighted by Crippen LogP contribution is 2.24. The van der Waals surface area contributed by atoms with Crippen LogP contribution in [0.1, 0.15) is 10.4 Å². The van der Waals surface area contributed by atoms with Gasteiger partial charge in [0.05, 0.1) is 11.0 Å². The molecule has 1 amide bonds. The second-order valence-electron chi connectivity index (χ2n) is 5.65. The Morgan fingerprint density at radius 2 is 1.81 bits per heavy atom. The molecule has 0 saturated heterocycles. The van der Waals surface area contributed by atoms with Crippen molar-refractivity contribution >= 4 is 44.4 Å². The molecule has 0 aliphatic heterocycles. The van der Waals surface area contributed by atoms with Gasteiger partial charge in [-0.25, -0.2) is 15.0 Å². The lowest BCUT2D eigenvalue weighted by Gasteiger charge is -2.13. The van der Waals surface area contributed by atoms with Crippen LogP contribution in [0.4, 0.5) is 11.5 Å². The topological polar surface area (TPSA) is 111 Å². The number of aromatic nitrogens is 4. The summed E-state index contributed by atoms with van der Waals surface area (Å²) in [5.74, 6) is 0.456. The van der Waals surface area contributed by atoms with Crippen molar-refractivity contribution in [2.75, 3.05) is 11.2 Å². The summed E-state index contributed by atoms with van der Waals surface area (Å²) < 4.78 is 2.66. The Bertz CT molecular complexity index is 1120. The van der Waals surface area contributed by atoms with Gasteiger partial charge in [0.2, 0.25) is 0 Å². The fourth-order valence-corrected chi connectivity index (χ4v) is 2.86. The van der Waals surface area contributed by atoms with E-state index in [9.17, 15) is 4.79 Å². The molecule has 2 aromatic carbocycles. The molecule has 0 spiro atoms. The van der Waals surface area contributed by atoms with E-state index in [0.29, 0.717) is 17.2 Å². The Labute approximate surface area is 162 Å². The molecule has 9 heteroatoms. The van der Waals surface area contributed by atoms with Crippen LogP contribution in [0.15, 0.2) is 65.7 Å². The first-order valence-corrected chi connectivity index (χ1v) is 8.77. The van der Waals surface area contributed by atoms with Gasteiger partial charge in [0.1, 0.15) is 18.3 Å². The number of nitrogens with zero attached hydrogens (tertiary/aromatic N) is 4. The molecular weight excluding hydrogens is 410 g/mol. The number of fused-ring (bicyclic) bond motifs is 1. The van der Waals surface area contributed by atoms with E-state index in [0.717, 1.165) is 15.5 Å². The Morgan fingerprint density at radius 3 is 2.63 bits per heavy atom. The van der Waals surface area contributed by atoms with Gasteiger partial charge in [0.15, 0.2) is 11.6 Å². The van der Waals surface area contributed by atoms with E-state index in [4.69, 9.17) is 5.73 Å². The van der Waals surface area contributed by atoms with E-state index in [1.165, 1.54) is 6.33 Å². The van der Waals surface area contributed by atoms with Gasteiger partial charge in [0, 0.05) is 10.0 Å². The minimum atomic E-state index is -0.310. The molecule has 134 valence electrons. The van der Waals surface area contributed by atoms with Gasteiger partial charge in [-0.1, -0.05) is 28.1 Å². The third-order valence-electron chi connectivity index (χ3n) is 3.95. The molecule has 2 aromatic heterocycles. The number of imidazole rings is 1. The highest BCUT2D eigenvalue weighted by molar-refractivity contribution is 9.10. The van der Waals surface area contributed by atoms with Gasteiger partial charge < -0.3 is 5.73 Å². The number of rotatable bonds is 4. The van der Waals surface area contributed by atoms with Gasteiger partial charge in [0.25, 0.3) is 5.91 Å². The highest BCUT2D eigenvalue weighted by Gasteiger charge is 2.13. The summed E-state index contributed by atoms with van der Waals surface area (Å²) in [6, 6.07) is 14.6. The molecule has 4 N–H and O–H groups in total. The van der Waals surface area contributed by atoms with Crippen LogP contribution >= 0.6 is 15.9 Å². The number of nitrogen functional groups attached to an aromatic ring is 1. The number of carbonyl (C=O) groups is 1. The molecule has 0 atom stereocenters. The summed E-state index contributed by atoms with van der Waals surface area (Å²) in [6.07, 6.45) is 3.02. The number of benzene rings is 2. The summed E-state index contributed by atoms with van der Waals surface area (Å²) in [5.41, 5.74) is 14.0. The van der Waals surface area contributed by atoms with Crippen LogP contribution < -0.4 is 16.6 Å². The molecular formula is C18H14BrN7O. The number of nitrogens with two attached hydrogens (primary N) is 1. The monoisotopic (exact) mass is 423 g/mol. The number of hydrogen-bond donors (Lipinski definition) is 3. The van der Waals surface area contributed by atoms with Crippen LogP contribution in [0, 0.1) is 0 Å². The van der Waals surface area contributed by atoms with Crippen LogP contribution in [-0.4, -0.2) is 25.4 Å². The van der Waals surface area contributed by atoms with Gasteiger partial charge in [-0.05, 0) is 36.4 Å². The number of carbonyl (C=O) groups excluding carboxylic acids is 1. The summed E-state index contributed by atoms with van der Waals surface area (Å²) in [6.45, 7) is 0. The molecule has 27 heavy (non-hydrogen) atoms. The van der Waals surface area contributed by atoms with Crippen molar-refractivity contribution in [3.8, 4) is 5.82 Å². The molecule has 4 rings (SSSR count). The predicted molar refractivity (Wildman–Crippen MR) is 106 cm³/mol. The van der Waals surface area contributed by atoms with Crippen molar-refractivity contribution in [2.45, 2.75) is 0 Å². The van der Waals surface area contributed by atoms with E-state index in [1.807, 2.05) is 24.3 Å². The zero-order valence-corrected chi connectivity index (χ0v) is 15.5. The number of para-hydroxylation sites is 2. The first-order valence-electron chi connectivity index (χ1n) is 7.98. The number of halogens is 1. The van der Waals surface area contributed by atoms with Crippen molar-refractivity contribution in [3.63, 3.8) is 0 Å². The summed E-state index contributed by atoms with van der Waals surface area (Å²) >= 11 is 3.34. The average molecular weight is 424 g/mol. The minimum absolute atomic E-state index is 0.289. The van der Waals surface area contributed by atoms with Crippen molar-refractivity contribution in [2.24, 2.45) is 0 Å². The van der Waals surface area contributed by atoms with Crippen molar-refractivity contribution < 1.29 is 4.79 Å². The largest absolute Gasteiger partial charge is 0.393 e. The van der Waals surface area contributed by atoms with Crippen molar-refractivity contribution in [1.29, 1.82) is 0 Å². The standard InChI is InChI=1S/C18H14BrN7O/c19-12-7-5-11(6-8-12)18(27)25-24-16-15(20)17(22-9-21-16)26-10-23-13-3-1-2-4-14(13)26/h1-10H,20H2,(H,25,27)(H,21,22,24). The lowest BCUT2D eigenvalue weighted by atomic mass is 10.2. The van der Waals surface area contributed by atoms with E-state index >= 15 is 0 Å².